The molecule has 3 heterocycles. The number of piperidine rings is 1. The van der Waals surface area contributed by atoms with Crippen molar-refractivity contribution in [3.63, 3.8) is 0 Å². The van der Waals surface area contributed by atoms with E-state index in [4.69, 9.17) is 0 Å². The first-order chi connectivity index (χ1) is 15.1. The number of hydrogen-bond donors (Lipinski definition) is 0. The van der Waals surface area contributed by atoms with Gasteiger partial charge in [0.2, 0.25) is 5.91 Å². The van der Waals surface area contributed by atoms with E-state index in [0.29, 0.717) is 18.2 Å². The van der Waals surface area contributed by atoms with Crippen molar-refractivity contribution in [1.82, 2.24) is 14.7 Å². The summed E-state index contributed by atoms with van der Waals surface area (Å²) in [6, 6.07) is 10.7. The first kappa shape index (κ1) is 20.7. The van der Waals surface area contributed by atoms with Gasteiger partial charge in [0.15, 0.2) is 0 Å². The van der Waals surface area contributed by atoms with Crippen LogP contribution in [0.1, 0.15) is 53.1 Å². The summed E-state index contributed by atoms with van der Waals surface area (Å²) < 4.78 is 0. The first-order valence-corrected chi connectivity index (χ1v) is 12.4. The molecule has 2 saturated heterocycles. The fraction of sp³-hybridized carbons (Fsp3) is 0.520. The van der Waals surface area contributed by atoms with Gasteiger partial charge in [0.25, 0.3) is 5.91 Å². The fourth-order valence-electron chi connectivity index (χ4n) is 5.79. The Balaban J connectivity index is 1.29. The van der Waals surface area contributed by atoms with Crippen molar-refractivity contribution in [3.05, 3.63) is 57.8 Å². The molecule has 164 valence electrons. The number of rotatable bonds is 3. The second-order valence-corrected chi connectivity index (χ2v) is 10.2. The predicted octanol–water partition coefficient (Wildman–Crippen LogP) is 3.57. The maximum atomic E-state index is 13.1. The van der Waals surface area contributed by atoms with Crippen molar-refractivity contribution < 1.29 is 9.59 Å². The second kappa shape index (κ2) is 8.40. The van der Waals surface area contributed by atoms with Gasteiger partial charge in [0.1, 0.15) is 0 Å². The van der Waals surface area contributed by atoms with E-state index < -0.39 is 0 Å². The van der Waals surface area contributed by atoms with Crippen LogP contribution in [0.15, 0.2) is 41.1 Å². The van der Waals surface area contributed by atoms with Crippen molar-refractivity contribution in [2.45, 2.75) is 37.0 Å². The van der Waals surface area contributed by atoms with E-state index in [-0.39, 0.29) is 11.3 Å². The van der Waals surface area contributed by atoms with E-state index in [1.807, 2.05) is 21.7 Å². The first-order valence-electron chi connectivity index (χ1n) is 11.4. The molecule has 0 bridgehead atoms. The molecule has 3 aliphatic rings. The molecule has 0 N–H and O–H groups in total. The van der Waals surface area contributed by atoms with Crippen molar-refractivity contribution >= 4 is 23.2 Å². The normalized spacial score (nSPS) is 23.2. The Hall–Kier alpha value is -2.18. The molecule has 6 heteroatoms. The molecule has 1 atom stereocenters. The molecule has 2 fully saturated rings. The van der Waals surface area contributed by atoms with Gasteiger partial charge < -0.3 is 14.7 Å². The Morgan fingerprint density at radius 2 is 1.74 bits per heavy atom. The highest BCUT2D eigenvalue weighted by atomic mass is 32.1. The molecule has 5 rings (SSSR count). The molecule has 2 amide bonds. The lowest BCUT2D eigenvalue weighted by atomic mass is 9.73. The van der Waals surface area contributed by atoms with Gasteiger partial charge in [-0.05, 0) is 60.2 Å². The molecule has 1 spiro atoms. The van der Waals surface area contributed by atoms with Crippen LogP contribution >= 0.6 is 11.3 Å². The smallest absolute Gasteiger partial charge is 0.254 e. The van der Waals surface area contributed by atoms with Crippen molar-refractivity contribution in [1.29, 1.82) is 0 Å². The largest absolute Gasteiger partial charge is 0.340 e. The highest BCUT2D eigenvalue weighted by Crippen LogP contribution is 2.52. The minimum atomic E-state index is 0.106. The molecule has 31 heavy (non-hydrogen) atoms. The van der Waals surface area contributed by atoms with Crippen LogP contribution in [-0.4, -0.2) is 72.8 Å². The van der Waals surface area contributed by atoms with Gasteiger partial charge in [-0.1, -0.05) is 24.3 Å². The third-order valence-corrected chi connectivity index (χ3v) is 8.35. The molecule has 1 aromatic heterocycles. The molecular formula is C25H31N3O2S. The van der Waals surface area contributed by atoms with E-state index in [1.54, 1.807) is 11.3 Å². The summed E-state index contributed by atoms with van der Waals surface area (Å²) in [6.45, 7) is 5.20. The lowest BCUT2D eigenvalue weighted by Gasteiger charge is -2.40. The van der Waals surface area contributed by atoms with Crippen LogP contribution in [0.4, 0.5) is 0 Å². The quantitative estimate of drug-likeness (QED) is 0.737. The van der Waals surface area contributed by atoms with Crippen LogP contribution in [0.25, 0.3) is 0 Å². The fourth-order valence-corrected chi connectivity index (χ4v) is 6.42. The maximum absolute atomic E-state index is 13.1. The van der Waals surface area contributed by atoms with Crippen LogP contribution in [-0.2, 0) is 10.2 Å². The van der Waals surface area contributed by atoms with Crippen LogP contribution in [0, 0.1) is 0 Å². The van der Waals surface area contributed by atoms with E-state index in [0.717, 1.165) is 64.1 Å². The van der Waals surface area contributed by atoms with E-state index in [1.165, 1.54) is 11.1 Å². The molecule has 5 nitrogen and oxygen atoms in total. The molecule has 2 aliphatic heterocycles. The third kappa shape index (κ3) is 3.92. The minimum absolute atomic E-state index is 0.106. The van der Waals surface area contributed by atoms with Crippen molar-refractivity contribution in [2.24, 2.45) is 0 Å². The standard InChI is InChI=1S/C25H31N3O2S/c1-26-11-13-27(14-12-26)23(29)16-20-17-25(22-5-3-2-4-21(20)22)7-9-28(10-8-25)24(30)19-6-15-31-18-19/h2-6,15,18,20H,7-14,16-17H2,1H3. The van der Waals surface area contributed by atoms with Crippen molar-refractivity contribution in [2.75, 3.05) is 46.3 Å². The van der Waals surface area contributed by atoms with E-state index in [2.05, 4.69) is 41.1 Å². The number of carbonyl (C=O) groups is 2. The van der Waals surface area contributed by atoms with E-state index in [9.17, 15) is 9.59 Å². The van der Waals surface area contributed by atoms with Crippen molar-refractivity contribution in [3.8, 4) is 0 Å². The lowest BCUT2D eigenvalue weighted by molar-refractivity contribution is -0.133. The number of piperazine rings is 1. The van der Waals surface area contributed by atoms with Crippen LogP contribution < -0.4 is 0 Å². The number of thiophene rings is 1. The van der Waals surface area contributed by atoms with Gasteiger partial charge in [-0.15, -0.1) is 0 Å². The van der Waals surface area contributed by atoms with Gasteiger partial charge in [-0.25, -0.2) is 0 Å². The van der Waals surface area contributed by atoms with Gasteiger partial charge in [-0.3, -0.25) is 9.59 Å². The summed E-state index contributed by atoms with van der Waals surface area (Å²) in [5.74, 6) is 0.752. The number of amides is 2. The Bertz CT molecular complexity index is 941. The highest BCUT2D eigenvalue weighted by Gasteiger charge is 2.46. The summed E-state index contributed by atoms with van der Waals surface area (Å²) in [5.41, 5.74) is 3.70. The van der Waals surface area contributed by atoms with Crippen LogP contribution in [0.3, 0.4) is 0 Å². The van der Waals surface area contributed by atoms with Gasteiger partial charge in [-0.2, -0.15) is 11.3 Å². The number of benzene rings is 1. The average molecular weight is 438 g/mol. The Labute approximate surface area is 188 Å². The van der Waals surface area contributed by atoms with E-state index >= 15 is 0 Å². The molecular weight excluding hydrogens is 406 g/mol. The number of likely N-dealkylation sites (N-methyl/N-ethyl adjacent to an activating group) is 1. The van der Waals surface area contributed by atoms with Crippen LogP contribution in [0.5, 0.6) is 0 Å². The highest BCUT2D eigenvalue weighted by molar-refractivity contribution is 7.08. The zero-order chi connectivity index (χ0) is 21.4. The Morgan fingerprint density at radius 1 is 1.00 bits per heavy atom. The molecule has 1 unspecified atom stereocenters. The van der Waals surface area contributed by atoms with Gasteiger partial charge in [0.05, 0.1) is 5.56 Å². The Morgan fingerprint density at radius 3 is 2.45 bits per heavy atom. The van der Waals surface area contributed by atoms with Gasteiger partial charge in [0, 0.05) is 51.1 Å². The third-order valence-electron chi connectivity index (χ3n) is 7.66. The molecule has 1 aliphatic carbocycles. The molecule has 0 radical (unpaired) electrons. The number of hydrogen-bond acceptors (Lipinski definition) is 4. The summed E-state index contributed by atoms with van der Waals surface area (Å²) >= 11 is 1.57. The second-order valence-electron chi connectivity index (χ2n) is 9.46. The lowest BCUT2D eigenvalue weighted by Crippen LogP contribution is -2.47. The van der Waals surface area contributed by atoms with Gasteiger partial charge >= 0.3 is 0 Å². The minimum Gasteiger partial charge on any atom is -0.340 e. The average Bonchev–Trinajstić information content (AvgIpc) is 3.43. The SMILES string of the molecule is CN1CCN(C(=O)CC2CC3(CCN(C(=O)c4ccsc4)CC3)c3ccccc32)CC1. The maximum Gasteiger partial charge on any atom is 0.254 e. The number of likely N-dealkylation sites (tertiary alicyclic amines) is 1. The number of carbonyl (C=O) groups excluding carboxylic acids is 2. The topological polar surface area (TPSA) is 43.9 Å². The zero-order valence-electron chi connectivity index (χ0n) is 18.3. The summed E-state index contributed by atoms with van der Waals surface area (Å²) in [4.78, 5) is 32.2. The molecule has 2 aromatic rings. The van der Waals surface area contributed by atoms with Crippen LogP contribution in [0.2, 0.25) is 0 Å². The molecule has 1 aromatic carbocycles. The predicted molar refractivity (Wildman–Crippen MR) is 124 cm³/mol. The monoisotopic (exact) mass is 437 g/mol. The summed E-state index contributed by atoms with van der Waals surface area (Å²) in [7, 11) is 2.12. The number of nitrogens with zero attached hydrogens (tertiary/aromatic N) is 3. The number of fused-ring (bicyclic) bond motifs is 2. The zero-order valence-corrected chi connectivity index (χ0v) is 19.1. The Kier molecular flexibility index (Phi) is 5.61. The molecule has 0 saturated carbocycles. The summed E-state index contributed by atoms with van der Waals surface area (Å²) in [6.07, 6.45) is 3.62. The summed E-state index contributed by atoms with van der Waals surface area (Å²) in [5, 5.41) is 3.91.